The maximum atomic E-state index is 12.9. The first-order valence-corrected chi connectivity index (χ1v) is 10.8. The van der Waals surface area contributed by atoms with Crippen molar-refractivity contribution in [3.63, 3.8) is 0 Å². The van der Waals surface area contributed by atoms with E-state index in [-0.39, 0.29) is 10.8 Å². The summed E-state index contributed by atoms with van der Waals surface area (Å²) in [5.41, 5.74) is 4.03. The number of methoxy groups -OCH3 is 1. The van der Waals surface area contributed by atoms with Crippen LogP contribution < -0.4 is 14.8 Å². The molecular formula is C23H24N2O4S. The highest BCUT2D eigenvalue weighted by molar-refractivity contribution is 7.92. The molecule has 0 saturated carbocycles. The minimum atomic E-state index is -3.86. The van der Waals surface area contributed by atoms with Crippen LogP contribution in [-0.2, 0) is 10.0 Å². The molecule has 0 aliphatic rings. The number of carbonyl (C=O) groups is 1. The molecule has 3 aromatic rings. The number of hydrogen-bond acceptors (Lipinski definition) is 4. The Bertz CT molecular complexity index is 1190. The predicted octanol–water partition coefficient (Wildman–Crippen LogP) is 4.67. The number of rotatable bonds is 6. The Morgan fingerprint density at radius 3 is 2.20 bits per heavy atom. The van der Waals surface area contributed by atoms with E-state index in [4.69, 9.17) is 4.74 Å². The van der Waals surface area contributed by atoms with Gasteiger partial charge in [-0.15, -0.1) is 0 Å². The highest BCUT2D eigenvalue weighted by atomic mass is 32.2. The fourth-order valence-corrected chi connectivity index (χ4v) is 4.03. The summed E-state index contributed by atoms with van der Waals surface area (Å²) in [4.78, 5) is 12.9. The van der Waals surface area contributed by atoms with Crippen LogP contribution in [0.5, 0.6) is 5.75 Å². The van der Waals surface area contributed by atoms with Crippen molar-refractivity contribution in [3.05, 3.63) is 82.9 Å². The molecule has 0 spiro atoms. The average molecular weight is 425 g/mol. The van der Waals surface area contributed by atoms with E-state index in [1.165, 1.54) is 19.2 Å². The molecule has 30 heavy (non-hydrogen) atoms. The first kappa shape index (κ1) is 21.4. The Hall–Kier alpha value is -3.32. The lowest BCUT2D eigenvalue weighted by Gasteiger charge is -2.13. The number of anilines is 2. The second-order valence-corrected chi connectivity index (χ2v) is 8.77. The van der Waals surface area contributed by atoms with E-state index in [9.17, 15) is 13.2 Å². The molecule has 0 fully saturated rings. The van der Waals surface area contributed by atoms with E-state index in [1.54, 1.807) is 37.3 Å². The third-order valence-electron chi connectivity index (χ3n) is 4.75. The Morgan fingerprint density at radius 1 is 0.867 bits per heavy atom. The Morgan fingerprint density at radius 2 is 1.53 bits per heavy atom. The van der Waals surface area contributed by atoms with Gasteiger partial charge in [0.2, 0.25) is 0 Å². The average Bonchev–Trinajstić information content (AvgIpc) is 2.71. The van der Waals surface area contributed by atoms with Crippen LogP contribution in [0.15, 0.2) is 65.6 Å². The molecule has 6 nitrogen and oxygen atoms in total. The zero-order chi connectivity index (χ0) is 21.9. The van der Waals surface area contributed by atoms with Crippen LogP contribution >= 0.6 is 0 Å². The fraction of sp³-hybridized carbons (Fsp3) is 0.174. The molecule has 0 aliphatic carbocycles. The SMILES string of the molecule is COc1ccc(NS(=O)(=O)c2ccc(C)c(C(=O)Nc3cc(C)ccc3C)c2)cc1. The van der Waals surface area contributed by atoms with Crippen LogP contribution in [0.1, 0.15) is 27.0 Å². The van der Waals surface area contributed by atoms with Crippen molar-refractivity contribution < 1.29 is 17.9 Å². The monoisotopic (exact) mass is 424 g/mol. The zero-order valence-corrected chi connectivity index (χ0v) is 18.1. The number of sulfonamides is 1. The third-order valence-corrected chi connectivity index (χ3v) is 6.13. The van der Waals surface area contributed by atoms with Crippen LogP contribution in [-0.4, -0.2) is 21.4 Å². The summed E-state index contributed by atoms with van der Waals surface area (Å²) in [5, 5.41) is 2.88. The van der Waals surface area contributed by atoms with Gasteiger partial charge in [0.15, 0.2) is 0 Å². The minimum absolute atomic E-state index is 0.00929. The van der Waals surface area contributed by atoms with Crippen LogP contribution in [0.4, 0.5) is 11.4 Å². The third kappa shape index (κ3) is 4.80. The molecule has 0 unspecified atom stereocenters. The van der Waals surface area contributed by atoms with Crippen molar-refractivity contribution in [1.82, 2.24) is 0 Å². The van der Waals surface area contributed by atoms with Crippen molar-refractivity contribution in [2.24, 2.45) is 0 Å². The molecule has 3 rings (SSSR count). The van der Waals surface area contributed by atoms with Gasteiger partial charge in [-0.2, -0.15) is 0 Å². The molecule has 0 radical (unpaired) electrons. The molecule has 3 aromatic carbocycles. The lowest BCUT2D eigenvalue weighted by molar-refractivity contribution is 0.102. The van der Waals surface area contributed by atoms with Crippen LogP contribution in [0, 0.1) is 20.8 Å². The quantitative estimate of drug-likeness (QED) is 0.602. The summed E-state index contributed by atoms with van der Waals surface area (Å²) in [6.07, 6.45) is 0. The largest absolute Gasteiger partial charge is 0.497 e. The zero-order valence-electron chi connectivity index (χ0n) is 17.3. The smallest absolute Gasteiger partial charge is 0.261 e. The molecule has 0 heterocycles. The lowest BCUT2D eigenvalue weighted by Crippen LogP contribution is -2.17. The molecule has 0 atom stereocenters. The fourth-order valence-electron chi connectivity index (χ4n) is 2.95. The van der Waals surface area contributed by atoms with E-state index in [2.05, 4.69) is 10.0 Å². The van der Waals surface area contributed by atoms with Crippen molar-refractivity contribution in [1.29, 1.82) is 0 Å². The second kappa shape index (κ2) is 8.59. The highest BCUT2D eigenvalue weighted by Gasteiger charge is 2.19. The molecule has 0 saturated heterocycles. The number of amides is 1. The molecule has 7 heteroatoms. The summed E-state index contributed by atoms with van der Waals surface area (Å²) < 4.78 is 33.3. The lowest BCUT2D eigenvalue weighted by atomic mass is 10.1. The van der Waals surface area contributed by atoms with Crippen molar-refractivity contribution in [3.8, 4) is 5.75 Å². The second-order valence-electron chi connectivity index (χ2n) is 7.08. The van der Waals surface area contributed by atoms with Crippen molar-refractivity contribution >= 4 is 27.3 Å². The molecular weight excluding hydrogens is 400 g/mol. The molecule has 0 aromatic heterocycles. The summed E-state index contributed by atoms with van der Waals surface area (Å²) in [5.74, 6) is 0.265. The van der Waals surface area contributed by atoms with E-state index in [0.29, 0.717) is 28.3 Å². The first-order valence-electron chi connectivity index (χ1n) is 9.36. The normalized spacial score (nSPS) is 11.1. The number of nitrogens with one attached hydrogen (secondary N) is 2. The van der Waals surface area contributed by atoms with Gasteiger partial charge in [-0.05, 0) is 79.9 Å². The summed E-state index contributed by atoms with van der Waals surface area (Å²) in [6, 6.07) is 16.8. The molecule has 0 bridgehead atoms. The van der Waals surface area contributed by atoms with Gasteiger partial charge in [-0.1, -0.05) is 18.2 Å². The van der Waals surface area contributed by atoms with Gasteiger partial charge in [0.05, 0.1) is 12.0 Å². The van der Waals surface area contributed by atoms with Crippen molar-refractivity contribution in [2.75, 3.05) is 17.1 Å². The predicted molar refractivity (Wildman–Crippen MR) is 119 cm³/mol. The summed E-state index contributed by atoms with van der Waals surface area (Å²) in [7, 11) is -2.33. The van der Waals surface area contributed by atoms with Gasteiger partial charge in [-0.3, -0.25) is 9.52 Å². The molecule has 0 aliphatic heterocycles. The number of benzene rings is 3. The standard InChI is InChI=1S/C23H24N2O4S/c1-15-5-6-17(3)22(13-15)24-23(26)21-14-20(12-7-16(21)2)30(27,28)25-18-8-10-19(29-4)11-9-18/h5-14,25H,1-4H3,(H,24,26). The molecule has 1 amide bonds. The topological polar surface area (TPSA) is 84.5 Å². The maximum absolute atomic E-state index is 12.9. The summed E-state index contributed by atoms with van der Waals surface area (Å²) in [6.45, 7) is 5.62. The number of ether oxygens (including phenoxy) is 1. The first-order chi connectivity index (χ1) is 14.2. The van der Waals surface area contributed by atoms with E-state index < -0.39 is 10.0 Å². The minimum Gasteiger partial charge on any atom is -0.497 e. The number of carbonyl (C=O) groups excluding carboxylic acids is 1. The van der Waals surface area contributed by atoms with Crippen LogP contribution in [0.3, 0.4) is 0 Å². The summed E-state index contributed by atoms with van der Waals surface area (Å²) >= 11 is 0. The number of hydrogen-bond donors (Lipinski definition) is 2. The van der Waals surface area contributed by atoms with Gasteiger partial charge in [0.25, 0.3) is 15.9 Å². The van der Waals surface area contributed by atoms with E-state index in [1.807, 2.05) is 32.0 Å². The highest BCUT2D eigenvalue weighted by Crippen LogP contribution is 2.23. The van der Waals surface area contributed by atoms with Gasteiger partial charge < -0.3 is 10.1 Å². The molecule has 156 valence electrons. The Kier molecular flexibility index (Phi) is 6.12. The van der Waals surface area contributed by atoms with Crippen LogP contribution in [0.25, 0.3) is 0 Å². The van der Waals surface area contributed by atoms with Gasteiger partial charge in [0.1, 0.15) is 5.75 Å². The Labute approximate surface area is 177 Å². The molecule has 2 N–H and O–H groups in total. The van der Waals surface area contributed by atoms with Crippen molar-refractivity contribution in [2.45, 2.75) is 25.7 Å². The van der Waals surface area contributed by atoms with Crippen LogP contribution in [0.2, 0.25) is 0 Å². The van der Waals surface area contributed by atoms with E-state index in [0.717, 1.165) is 11.1 Å². The van der Waals surface area contributed by atoms with Gasteiger partial charge in [0, 0.05) is 16.9 Å². The van der Waals surface area contributed by atoms with E-state index >= 15 is 0 Å². The van der Waals surface area contributed by atoms with Gasteiger partial charge in [-0.25, -0.2) is 8.42 Å². The number of aryl methyl sites for hydroxylation is 3. The van der Waals surface area contributed by atoms with Gasteiger partial charge >= 0.3 is 0 Å². The Balaban J connectivity index is 1.87. The maximum Gasteiger partial charge on any atom is 0.261 e.